The number of nitrogens with zero attached hydrogens (tertiary/aromatic N) is 3. The molecule has 1 fully saturated rings. The second kappa shape index (κ2) is 9.15. The summed E-state index contributed by atoms with van der Waals surface area (Å²) in [6, 6.07) is 12.0. The number of anilines is 1. The van der Waals surface area contributed by atoms with E-state index in [-0.39, 0.29) is 0 Å². The Morgan fingerprint density at radius 3 is 2.60 bits per heavy atom. The van der Waals surface area contributed by atoms with Crippen LogP contribution in [0.1, 0.15) is 5.56 Å². The lowest BCUT2D eigenvalue weighted by Gasteiger charge is -2.37. The maximum Gasteiger partial charge on any atom is 0.0900 e. The van der Waals surface area contributed by atoms with Crippen LogP contribution in [0.15, 0.2) is 48.8 Å². The molecule has 1 N–H and O–H groups in total. The molecule has 0 radical (unpaired) electrons. The maximum atomic E-state index is 10.2. The van der Waals surface area contributed by atoms with Crippen molar-refractivity contribution in [2.75, 3.05) is 44.2 Å². The molecule has 25 heavy (non-hydrogen) atoms. The van der Waals surface area contributed by atoms with Crippen LogP contribution in [-0.2, 0) is 11.3 Å². The molecule has 0 amide bonds. The van der Waals surface area contributed by atoms with Gasteiger partial charge in [0.1, 0.15) is 0 Å². The minimum atomic E-state index is -0.472. The number of hydrogen-bond donors (Lipinski definition) is 1. The Balaban J connectivity index is 1.38. The van der Waals surface area contributed by atoms with E-state index in [2.05, 4.69) is 14.8 Å². The van der Waals surface area contributed by atoms with Crippen LogP contribution in [0.2, 0.25) is 5.02 Å². The van der Waals surface area contributed by atoms with E-state index >= 15 is 0 Å². The number of aromatic nitrogens is 1. The summed E-state index contributed by atoms with van der Waals surface area (Å²) in [6.45, 7) is 5.09. The summed E-state index contributed by atoms with van der Waals surface area (Å²) in [5, 5.41) is 10.9. The highest BCUT2D eigenvalue weighted by Crippen LogP contribution is 2.25. The SMILES string of the molecule is OC(COCc1ccccc1)CN1CCN(c2ccncc2Cl)CC1. The molecule has 1 aromatic heterocycles. The van der Waals surface area contributed by atoms with Crippen molar-refractivity contribution in [3.8, 4) is 0 Å². The molecule has 1 aromatic carbocycles. The third-order valence-corrected chi connectivity index (χ3v) is 4.65. The first-order valence-electron chi connectivity index (χ1n) is 8.59. The zero-order valence-electron chi connectivity index (χ0n) is 14.2. The van der Waals surface area contributed by atoms with Gasteiger partial charge in [-0.1, -0.05) is 41.9 Å². The molecule has 3 rings (SSSR count). The number of aliphatic hydroxyl groups excluding tert-OH is 1. The molecule has 1 atom stereocenters. The van der Waals surface area contributed by atoms with Crippen LogP contribution in [0.3, 0.4) is 0 Å². The minimum absolute atomic E-state index is 0.352. The van der Waals surface area contributed by atoms with Gasteiger partial charge in [-0.25, -0.2) is 0 Å². The van der Waals surface area contributed by atoms with E-state index in [0.29, 0.717) is 24.8 Å². The smallest absolute Gasteiger partial charge is 0.0900 e. The van der Waals surface area contributed by atoms with Crippen molar-refractivity contribution < 1.29 is 9.84 Å². The second-order valence-electron chi connectivity index (χ2n) is 6.27. The van der Waals surface area contributed by atoms with Crippen LogP contribution in [-0.4, -0.2) is 60.4 Å². The summed E-state index contributed by atoms with van der Waals surface area (Å²) < 4.78 is 5.62. The summed E-state index contributed by atoms with van der Waals surface area (Å²) in [6.07, 6.45) is 2.97. The molecule has 2 heterocycles. The number of ether oxygens (including phenoxy) is 1. The van der Waals surface area contributed by atoms with Crippen LogP contribution >= 0.6 is 11.6 Å². The molecule has 1 aliphatic heterocycles. The van der Waals surface area contributed by atoms with Gasteiger partial charge in [0.25, 0.3) is 0 Å². The zero-order valence-corrected chi connectivity index (χ0v) is 15.0. The van der Waals surface area contributed by atoms with Gasteiger partial charge in [-0.05, 0) is 11.6 Å². The molecule has 0 aliphatic carbocycles. The number of rotatable bonds is 7. The molecule has 6 heteroatoms. The quantitative estimate of drug-likeness (QED) is 0.820. The van der Waals surface area contributed by atoms with E-state index in [4.69, 9.17) is 16.3 Å². The van der Waals surface area contributed by atoms with Gasteiger partial charge in [0.15, 0.2) is 0 Å². The lowest BCUT2D eigenvalue weighted by Crippen LogP contribution is -2.49. The predicted molar refractivity (Wildman–Crippen MR) is 100 cm³/mol. The molecule has 0 saturated carbocycles. The highest BCUT2D eigenvalue weighted by Gasteiger charge is 2.20. The largest absolute Gasteiger partial charge is 0.389 e. The van der Waals surface area contributed by atoms with Crippen molar-refractivity contribution in [3.63, 3.8) is 0 Å². The van der Waals surface area contributed by atoms with E-state index in [1.807, 2.05) is 36.4 Å². The summed E-state index contributed by atoms with van der Waals surface area (Å²) in [4.78, 5) is 8.56. The van der Waals surface area contributed by atoms with Crippen molar-refractivity contribution in [1.29, 1.82) is 0 Å². The van der Waals surface area contributed by atoms with Crippen molar-refractivity contribution in [3.05, 3.63) is 59.4 Å². The van der Waals surface area contributed by atoms with Crippen LogP contribution in [0.25, 0.3) is 0 Å². The summed E-state index contributed by atoms with van der Waals surface area (Å²) in [7, 11) is 0. The molecular formula is C19H24ClN3O2. The topological polar surface area (TPSA) is 48.8 Å². The Kier molecular flexibility index (Phi) is 6.64. The highest BCUT2D eigenvalue weighted by atomic mass is 35.5. The summed E-state index contributed by atoms with van der Waals surface area (Å²) >= 11 is 6.21. The Labute approximate surface area is 153 Å². The third kappa shape index (κ3) is 5.41. The van der Waals surface area contributed by atoms with Crippen molar-refractivity contribution in [1.82, 2.24) is 9.88 Å². The number of aliphatic hydroxyl groups is 1. The lowest BCUT2D eigenvalue weighted by molar-refractivity contribution is 0.00914. The molecular weight excluding hydrogens is 338 g/mol. The third-order valence-electron chi connectivity index (χ3n) is 4.35. The van der Waals surface area contributed by atoms with E-state index in [1.54, 1.807) is 12.4 Å². The fraction of sp³-hybridized carbons (Fsp3) is 0.421. The fourth-order valence-corrected chi connectivity index (χ4v) is 3.27. The Hall–Kier alpha value is -1.66. The van der Waals surface area contributed by atoms with E-state index in [0.717, 1.165) is 37.4 Å². The van der Waals surface area contributed by atoms with Crippen LogP contribution in [0.4, 0.5) is 5.69 Å². The number of halogens is 1. The molecule has 0 bridgehead atoms. The van der Waals surface area contributed by atoms with Crippen molar-refractivity contribution in [2.24, 2.45) is 0 Å². The first kappa shape index (κ1) is 18.1. The Morgan fingerprint density at radius 2 is 1.88 bits per heavy atom. The molecule has 1 aliphatic rings. The maximum absolute atomic E-state index is 10.2. The first-order valence-corrected chi connectivity index (χ1v) is 8.97. The van der Waals surface area contributed by atoms with Gasteiger partial charge < -0.3 is 14.7 Å². The predicted octanol–water partition coefficient (Wildman–Crippen LogP) is 2.43. The Morgan fingerprint density at radius 1 is 1.12 bits per heavy atom. The standard InChI is InChI=1S/C19H24ClN3O2/c20-18-12-21-7-6-19(18)23-10-8-22(9-11-23)13-17(24)15-25-14-16-4-2-1-3-5-16/h1-7,12,17,24H,8-11,13-15H2. The number of pyridine rings is 1. The van der Waals surface area contributed by atoms with E-state index in [1.165, 1.54) is 0 Å². The molecule has 134 valence electrons. The van der Waals surface area contributed by atoms with Crippen molar-refractivity contribution in [2.45, 2.75) is 12.7 Å². The number of piperazine rings is 1. The molecule has 1 saturated heterocycles. The number of β-amino-alcohol motifs (C(OH)–C–C–N with tert-alkyl or cyclic N) is 1. The second-order valence-corrected chi connectivity index (χ2v) is 6.68. The van der Waals surface area contributed by atoms with Gasteiger partial charge in [-0.3, -0.25) is 9.88 Å². The van der Waals surface area contributed by atoms with Gasteiger partial charge in [0.05, 0.1) is 30.0 Å². The van der Waals surface area contributed by atoms with Gasteiger partial charge in [0.2, 0.25) is 0 Å². The van der Waals surface area contributed by atoms with Gasteiger partial charge >= 0.3 is 0 Å². The molecule has 1 unspecified atom stereocenters. The summed E-state index contributed by atoms with van der Waals surface area (Å²) in [5.41, 5.74) is 2.15. The number of benzene rings is 1. The molecule has 2 aromatic rings. The Bertz CT molecular complexity index is 648. The first-order chi connectivity index (χ1) is 12.2. The van der Waals surface area contributed by atoms with Gasteiger partial charge in [0, 0.05) is 45.1 Å². The lowest BCUT2D eigenvalue weighted by atomic mass is 10.2. The normalized spacial score (nSPS) is 16.8. The van der Waals surface area contributed by atoms with Crippen LogP contribution in [0, 0.1) is 0 Å². The zero-order chi connectivity index (χ0) is 17.5. The molecule has 5 nitrogen and oxygen atoms in total. The van der Waals surface area contributed by atoms with Crippen molar-refractivity contribution >= 4 is 17.3 Å². The van der Waals surface area contributed by atoms with Crippen LogP contribution in [0.5, 0.6) is 0 Å². The number of hydrogen-bond acceptors (Lipinski definition) is 5. The monoisotopic (exact) mass is 361 g/mol. The van der Waals surface area contributed by atoms with Crippen LogP contribution < -0.4 is 4.90 Å². The molecule has 0 spiro atoms. The average Bonchev–Trinajstić information content (AvgIpc) is 2.64. The fourth-order valence-electron chi connectivity index (χ4n) is 3.03. The van der Waals surface area contributed by atoms with E-state index < -0.39 is 6.10 Å². The van der Waals surface area contributed by atoms with Gasteiger partial charge in [-0.15, -0.1) is 0 Å². The average molecular weight is 362 g/mol. The van der Waals surface area contributed by atoms with Gasteiger partial charge in [-0.2, -0.15) is 0 Å². The highest BCUT2D eigenvalue weighted by molar-refractivity contribution is 6.33. The summed E-state index contributed by atoms with van der Waals surface area (Å²) in [5.74, 6) is 0. The van der Waals surface area contributed by atoms with E-state index in [9.17, 15) is 5.11 Å². The minimum Gasteiger partial charge on any atom is -0.389 e.